The maximum Gasteiger partial charge on any atom is 0.267 e. The third kappa shape index (κ3) is 4.21. The number of hydrogen-bond donors (Lipinski definition) is 3. The summed E-state index contributed by atoms with van der Waals surface area (Å²) in [5.74, 6) is 0.486. The summed E-state index contributed by atoms with van der Waals surface area (Å²) in [7, 11) is 1.90. The third-order valence-electron chi connectivity index (χ3n) is 6.77. The number of aryl methyl sites for hydroxylation is 1. The van der Waals surface area contributed by atoms with Crippen molar-refractivity contribution in [2.24, 2.45) is 5.92 Å². The fourth-order valence-electron chi connectivity index (χ4n) is 4.89. The summed E-state index contributed by atoms with van der Waals surface area (Å²) >= 11 is 0. The molecule has 1 aromatic heterocycles. The van der Waals surface area contributed by atoms with Crippen molar-refractivity contribution in [3.63, 3.8) is 0 Å². The minimum absolute atomic E-state index is 0.132. The first-order valence-corrected chi connectivity index (χ1v) is 11.0. The molecule has 7 heteroatoms. The number of carbonyl (C=O) groups excluding carboxylic acids is 2. The van der Waals surface area contributed by atoms with Gasteiger partial charge in [-0.3, -0.25) is 9.59 Å². The molecule has 30 heavy (non-hydrogen) atoms. The van der Waals surface area contributed by atoms with Crippen LogP contribution in [-0.4, -0.2) is 53.9 Å². The van der Waals surface area contributed by atoms with Crippen LogP contribution in [0.2, 0.25) is 0 Å². The molecule has 2 aromatic rings. The number of benzene rings is 1. The minimum Gasteiger partial charge on any atom is -0.350 e. The molecule has 1 aliphatic carbocycles. The molecule has 3 N–H and O–H groups in total. The molecule has 3 heterocycles. The Bertz CT molecular complexity index is 896. The van der Waals surface area contributed by atoms with Crippen molar-refractivity contribution in [1.29, 1.82) is 0 Å². The third-order valence-corrected chi connectivity index (χ3v) is 6.77. The number of rotatable bonds is 2. The van der Waals surface area contributed by atoms with Gasteiger partial charge in [-0.15, -0.1) is 0 Å². The molecule has 3 fully saturated rings. The lowest BCUT2D eigenvalue weighted by atomic mass is 9.95. The highest BCUT2D eigenvalue weighted by molar-refractivity contribution is 5.99. The predicted molar refractivity (Wildman–Crippen MR) is 115 cm³/mol. The van der Waals surface area contributed by atoms with Crippen molar-refractivity contribution in [2.75, 3.05) is 20.1 Å². The molecule has 0 bridgehead atoms. The molecule has 0 spiro atoms. The number of amides is 2. The molecule has 2 saturated heterocycles. The highest BCUT2D eigenvalue weighted by Gasteiger charge is 2.40. The number of halogens is 1. The number of likely N-dealkylation sites (tertiary alicyclic amines) is 1. The Morgan fingerprint density at radius 2 is 1.97 bits per heavy atom. The van der Waals surface area contributed by atoms with E-state index in [2.05, 4.69) is 15.6 Å². The van der Waals surface area contributed by atoms with Gasteiger partial charge in [-0.1, -0.05) is 25.3 Å². The molecule has 6 nitrogen and oxygen atoms in total. The Hall–Kier alpha value is -2.41. The normalized spacial score (nSPS) is 24.0. The summed E-state index contributed by atoms with van der Waals surface area (Å²) in [6, 6.07) is 5.52. The molecule has 0 unspecified atom stereocenters. The molecule has 2 amide bonds. The van der Waals surface area contributed by atoms with E-state index in [1.807, 2.05) is 18.9 Å². The van der Waals surface area contributed by atoms with Gasteiger partial charge in [0.2, 0.25) is 5.91 Å². The van der Waals surface area contributed by atoms with Gasteiger partial charge >= 0.3 is 0 Å². The van der Waals surface area contributed by atoms with Crippen molar-refractivity contribution in [3.05, 3.63) is 35.3 Å². The van der Waals surface area contributed by atoms with E-state index in [0.29, 0.717) is 34.5 Å². The number of H-pyrrole nitrogens is 1. The number of likely N-dealkylation sites (N-methyl/N-ethyl adjacent to an activating group) is 1. The van der Waals surface area contributed by atoms with Gasteiger partial charge in [0.1, 0.15) is 11.5 Å². The van der Waals surface area contributed by atoms with Crippen LogP contribution in [0.25, 0.3) is 10.9 Å². The highest BCUT2D eigenvalue weighted by atomic mass is 19.1. The maximum atomic E-state index is 13.7. The number of fused-ring (bicyclic) bond motifs is 2. The topological polar surface area (TPSA) is 77.2 Å². The van der Waals surface area contributed by atoms with Crippen molar-refractivity contribution in [1.82, 2.24) is 20.5 Å². The van der Waals surface area contributed by atoms with E-state index in [-0.39, 0.29) is 17.8 Å². The van der Waals surface area contributed by atoms with E-state index in [1.165, 1.54) is 25.3 Å². The lowest BCUT2D eigenvalue weighted by Gasteiger charge is -2.22. The standard InChI is InChI=1S/C16H19FN2O.C7H12N2O/c1-10-7-8-13(17)12-9-14(19-15(10)12)16(20)18-11-5-3-2-4-6-11;1-9-6-4-8-3-5(6)2-7(9)10/h7-9,11,19H,2-6H2,1H3,(H,18,20);5-6,8H,2-4H2,1H3/t;5-,6+/m.1/s1. The lowest BCUT2D eigenvalue weighted by molar-refractivity contribution is -0.127. The quantitative estimate of drug-likeness (QED) is 0.707. The van der Waals surface area contributed by atoms with Gasteiger partial charge in [-0.2, -0.15) is 0 Å². The number of nitrogens with one attached hydrogen (secondary N) is 3. The van der Waals surface area contributed by atoms with Gasteiger partial charge < -0.3 is 20.5 Å². The molecular formula is C23H31FN4O2. The van der Waals surface area contributed by atoms with E-state index in [1.54, 1.807) is 12.1 Å². The smallest absolute Gasteiger partial charge is 0.267 e. The van der Waals surface area contributed by atoms with Crippen LogP contribution in [0.4, 0.5) is 4.39 Å². The lowest BCUT2D eigenvalue weighted by Crippen LogP contribution is -2.36. The van der Waals surface area contributed by atoms with Crippen LogP contribution < -0.4 is 10.6 Å². The molecule has 1 saturated carbocycles. The Morgan fingerprint density at radius 1 is 1.20 bits per heavy atom. The van der Waals surface area contributed by atoms with Gasteiger partial charge in [0.25, 0.3) is 5.91 Å². The van der Waals surface area contributed by atoms with Crippen LogP contribution in [0.1, 0.15) is 54.6 Å². The van der Waals surface area contributed by atoms with Crippen LogP contribution in [-0.2, 0) is 4.79 Å². The van der Waals surface area contributed by atoms with Crippen LogP contribution in [0.5, 0.6) is 0 Å². The van der Waals surface area contributed by atoms with Crippen molar-refractivity contribution < 1.29 is 14.0 Å². The van der Waals surface area contributed by atoms with Crippen molar-refractivity contribution in [2.45, 2.75) is 57.5 Å². The number of carbonyl (C=O) groups is 2. The molecular weight excluding hydrogens is 383 g/mol. The van der Waals surface area contributed by atoms with Crippen LogP contribution >= 0.6 is 0 Å². The SMILES string of the molecule is CN1C(=O)C[C@@H]2CNC[C@@H]21.Cc1ccc(F)c2cc(C(=O)NC3CCCCC3)[nH]c12. The van der Waals surface area contributed by atoms with E-state index in [9.17, 15) is 14.0 Å². The van der Waals surface area contributed by atoms with Gasteiger partial charge in [0.15, 0.2) is 0 Å². The van der Waals surface area contributed by atoms with E-state index >= 15 is 0 Å². The van der Waals surface area contributed by atoms with Crippen LogP contribution in [0, 0.1) is 18.7 Å². The zero-order valence-electron chi connectivity index (χ0n) is 17.8. The summed E-state index contributed by atoms with van der Waals surface area (Å²) in [5.41, 5.74) is 2.09. The largest absolute Gasteiger partial charge is 0.350 e. The predicted octanol–water partition coefficient (Wildman–Crippen LogP) is 3.11. The van der Waals surface area contributed by atoms with Gasteiger partial charge in [0, 0.05) is 49.9 Å². The minimum atomic E-state index is -0.293. The zero-order chi connectivity index (χ0) is 21.3. The first-order chi connectivity index (χ1) is 14.4. The fraction of sp³-hybridized carbons (Fsp3) is 0.565. The number of aromatic nitrogens is 1. The molecule has 2 atom stereocenters. The summed E-state index contributed by atoms with van der Waals surface area (Å²) in [5, 5.41) is 6.81. The second-order valence-corrected chi connectivity index (χ2v) is 8.84. The van der Waals surface area contributed by atoms with E-state index in [4.69, 9.17) is 0 Å². The van der Waals surface area contributed by atoms with E-state index in [0.717, 1.165) is 37.9 Å². The number of hydrogen-bond acceptors (Lipinski definition) is 3. The zero-order valence-corrected chi connectivity index (χ0v) is 17.8. The Kier molecular flexibility index (Phi) is 6.09. The summed E-state index contributed by atoms with van der Waals surface area (Å²) in [4.78, 5) is 28.2. The van der Waals surface area contributed by atoms with Gasteiger partial charge in [0.05, 0.1) is 5.52 Å². The summed E-state index contributed by atoms with van der Waals surface area (Å²) < 4.78 is 13.7. The second kappa shape index (κ2) is 8.76. The first kappa shape index (κ1) is 20.8. The van der Waals surface area contributed by atoms with Gasteiger partial charge in [-0.25, -0.2) is 4.39 Å². The average molecular weight is 415 g/mol. The molecule has 1 aromatic carbocycles. The number of nitrogens with zero attached hydrogens (tertiary/aromatic N) is 1. The summed E-state index contributed by atoms with van der Waals surface area (Å²) in [6.45, 7) is 3.93. The number of aromatic amines is 1. The molecule has 162 valence electrons. The Morgan fingerprint density at radius 3 is 2.67 bits per heavy atom. The molecule has 2 aliphatic heterocycles. The average Bonchev–Trinajstić information content (AvgIpc) is 3.44. The summed E-state index contributed by atoms with van der Waals surface area (Å²) in [6.07, 6.45) is 6.44. The Balaban J connectivity index is 0.000000181. The van der Waals surface area contributed by atoms with Gasteiger partial charge in [-0.05, 0) is 37.5 Å². The molecule has 0 radical (unpaired) electrons. The van der Waals surface area contributed by atoms with Crippen molar-refractivity contribution in [3.8, 4) is 0 Å². The van der Waals surface area contributed by atoms with Crippen molar-refractivity contribution >= 4 is 22.7 Å². The second-order valence-electron chi connectivity index (χ2n) is 8.84. The first-order valence-electron chi connectivity index (χ1n) is 11.0. The van der Waals surface area contributed by atoms with Crippen LogP contribution in [0.3, 0.4) is 0 Å². The Labute approximate surface area is 176 Å². The molecule has 5 rings (SSSR count). The van der Waals surface area contributed by atoms with Crippen LogP contribution in [0.15, 0.2) is 18.2 Å². The monoisotopic (exact) mass is 414 g/mol. The molecule has 3 aliphatic rings. The fourth-order valence-corrected chi connectivity index (χ4v) is 4.89. The maximum absolute atomic E-state index is 13.7. The highest BCUT2D eigenvalue weighted by Crippen LogP contribution is 2.26. The van der Waals surface area contributed by atoms with E-state index < -0.39 is 0 Å².